The second-order valence-corrected chi connectivity index (χ2v) is 5.63. The summed E-state index contributed by atoms with van der Waals surface area (Å²) < 4.78 is 77.0. The van der Waals surface area contributed by atoms with Crippen molar-refractivity contribution in [2.45, 2.75) is 18.4 Å². The summed E-state index contributed by atoms with van der Waals surface area (Å²) in [5.74, 6) is -0.849. The van der Waals surface area contributed by atoms with Crippen molar-refractivity contribution in [3.05, 3.63) is 35.4 Å². The van der Waals surface area contributed by atoms with E-state index in [2.05, 4.69) is 10.6 Å². The smallest absolute Gasteiger partial charge is 0.350 e. The molecule has 140 valence electrons. The average molecular weight is 369 g/mol. The predicted octanol–water partition coefficient (Wildman–Crippen LogP) is 2.27. The summed E-state index contributed by atoms with van der Waals surface area (Å²) in [4.78, 5) is 13.2. The highest BCUT2D eigenvalue weighted by atomic mass is 19.4. The quantitative estimate of drug-likeness (QED) is 0.801. The van der Waals surface area contributed by atoms with Crippen molar-refractivity contribution in [2.75, 3.05) is 32.7 Å². The van der Waals surface area contributed by atoms with Crippen molar-refractivity contribution in [3.63, 3.8) is 0 Å². The minimum Gasteiger partial charge on any atom is -0.350 e. The van der Waals surface area contributed by atoms with Gasteiger partial charge in [0.2, 0.25) is 0 Å². The molecule has 25 heavy (non-hydrogen) atoms. The first-order chi connectivity index (χ1) is 11.6. The summed E-state index contributed by atoms with van der Waals surface area (Å²) in [5.41, 5.74) is -1.06. The topological polar surface area (TPSA) is 44.4 Å². The van der Waals surface area contributed by atoms with Gasteiger partial charge in [-0.1, -0.05) is 0 Å². The average Bonchev–Trinajstić information content (AvgIpc) is 2.54. The first kappa shape index (κ1) is 19.5. The van der Waals surface area contributed by atoms with Crippen LogP contribution in [0, 0.1) is 0 Å². The lowest BCUT2D eigenvalue weighted by atomic mass is 10.1. The maximum Gasteiger partial charge on any atom is 0.416 e. The Morgan fingerprint density at radius 3 is 2.12 bits per heavy atom. The Kier molecular flexibility index (Phi) is 5.94. The molecule has 1 atom stereocenters. The van der Waals surface area contributed by atoms with Crippen molar-refractivity contribution in [1.82, 2.24) is 15.5 Å². The van der Waals surface area contributed by atoms with Gasteiger partial charge >= 0.3 is 12.4 Å². The van der Waals surface area contributed by atoms with Crippen LogP contribution in [0.25, 0.3) is 0 Å². The molecule has 0 aromatic heterocycles. The Bertz CT molecular complexity index is 578. The third-order valence-corrected chi connectivity index (χ3v) is 3.90. The molecule has 1 aromatic rings. The molecule has 0 spiro atoms. The lowest BCUT2D eigenvalue weighted by Gasteiger charge is -2.35. The summed E-state index contributed by atoms with van der Waals surface area (Å²) in [6, 6.07) is 1.46. The molecular weight excluding hydrogens is 352 g/mol. The van der Waals surface area contributed by atoms with Gasteiger partial charge < -0.3 is 10.6 Å². The molecule has 2 N–H and O–H groups in total. The van der Waals surface area contributed by atoms with Crippen molar-refractivity contribution < 1.29 is 31.1 Å². The molecule has 1 saturated heterocycles. The zero-order valence-electron chi connectivity index (χ0n) is 13.0. The maximum absolute atomic E-state index is 13.2. The van der Waals surface area contributed by atoms with Gasteiger partial charge in [-0.2, -0.15) is 26.3 Å². The molecule has 10 heteroatoms. The Morgan fingerprint density at radius 2 is 1.64 bits per heavy atom. The molecule has 0 radical (unpaired) electrons. The number of piperazine rings is 1. The van der Waals surface area contributed by atoms with Gasteiger partial charge in [0.25, 0.3) is 5.91 Å². The van der Waals surface area contributed by atoms with Gasteiger partial charge in [0.1, 0.15) is 6.04 Å². The second kappa shape index (κ2) is 7.61. The highest BCUT2D eigenvalue weighted by molar-refractivity contribution is 5.94. The number of hydrogen-bond acceptors (Lipinski definition) is 3. The SMILES string of the molecule is O=C(NCC(N1CCNCC1)C(F)(F)F)c1ccc(C(F)(F)F)cc1. The maximum atomic E-state index is 13.2. The summed E-state index contributed by atoms with van der Waals surface area (Å²) in [6.45, 7) is 0.558. The van der Waals surface area contributed by atoms with E-state index in [4.69, 9.17) is 0 Å². The molecule has 1 aliphatic heterocycles. The number of benzene rings is 1. The number of amides is 1. The van der Waals surface area contributed by atoms with E-state index in [9.17, 15) is 31.1 Å². The zero-order valence-corrected chi connectivity index (χ0v) is 13.0. The molecule has 0 bridgehead atoms. The minimum absolute atomic E-state index is 0.130. The van der Waals surface area contributed by atoms with E-state index in [1.807, 2.05) is 0 Å². The summed E-state index contributed by atoms with van der Waals surface area (Å²) >= 11 is 0. The molecule has 2 rings (SSSR count). The van der Waals surface area contributed by atoms with E-state index < -0.39 is 36.4 Å². The number of nitrogens with one attached hydrogen (secondary N) is 2. The van der Waals surface area contributed by atoms with Gasteiger partial charge in [0, 0.05) is 38.3 Å². The van der Waals surface area contributed by atoms with Crippen molar-refractivity contribution >= 4 is 5.91 Å². The summed E-state index contributed by atoms with van der Waals surface area (Å²) in [6.07, 6.45) is -9.07. The van der Waals surface area contributed by atoms with Gasteiger partial charge in [-0.25, -0.2) is 0 Å². The fraction of sp³-hybridized carbons (Fsp3) is 0.533. The van der Waals surface area contributed by atoms with Crippen LogP contribution in [0.1, 0.15) is 15.9 Å². The molecule has 1 aliphatic rings. The van der Waals surface area contributed by atoms with Crippen molar-refractivity contribution in [3.8, 4) is 0 Å². The third-order valence-electron chi connectivity index (χ3n) is 3.90. The van der Waals surface area contributed by atoms with E-state index in [0.717, 1.165) is 12.1 Å². The predicted molar refractivity (Wildman–Crippen MR) is 78.1 cm³/mol. The highest BCUT2D eigenvalue weighted by Gasteiger charge is 2.43. The van der Waals surface area contributed by atoms with Crippen LogP contribution in [-0.2, 0) is 6.18 Å². The number of carbonyl (C=O) groups excluding carboxylic acids is 1. The third kappa shape index (κ3) is 5.33. The normalized spacial score (nSPS) is 18.0. The Balaban J connectivity index is 2.00. The van der Waals surface area contributed by atoms with E-state index in [1.165, 1.54) is 4.90 Å². The second-order valence-electron chi connectivity index (χ2n) is 5.63. The fourth-order valence-electron chi connectivity index (χ4n) is 2.55. The van der Waals surface area contributed by atoms with Gasteiger partial charge in [0.15, 0.2) is 0 Å². The van der Waals surface area contributed by atoms with Crippen molar-refractivity contribution in [1.29, 1.82) is 0 Å². The number of halogens is 6. The van der Waals surface area contributed by atoms with Crippen LogP contribution in [0.2, 0.25) is 0 Å². The van der Waals surface area contributed by atoms with Crippen LogP contribution in [-0.4, -0.2) is 55.7 Å². The minimum atomic E-state index is -4.54. The van der Waals surface area contributed by atoms with E-state index >= 15 is 0 Å². The number of nitrogens with zero attached hydrogens (tertiary/aromatic N) is 1. The largest absolute Gasteiger partial charge is 0.416 e. The Hall–Kier alpha value is -1.81. The number of alkyl halides is 6. The zero-order chi connectivity index (χ0) is 18.7. The number of hydrogen-bond donors (Lipinski definition) is 2. The summed E-state index contributed by atoms with van der Waals surface area (Å²) in [5, 5.41) is 5.10. The van der Waals surface area contributed by atoms with Gasteiger partial charge in [-0.15, -0.1) is 0 Å². The van der Waals surface area contributed by atoms with E-state index in [-0.39, 0.29) is 18.7 Å². The van der Waals surface area contributed by atoms with E-state index in [1.54, 1.807) is 0 Å². The monoisotopic (exact) mass is 369 g/mol. The van der Waals surface area contributed by atoms with Gasteiger partial charge in [-0.05, 0) is 24.3 Å². The Labute approximate surface area is 140 Å². The molecule has 1 aromatic carbocycles. The van der Waals surface area contributed by atoms with Crippen molar-refractivity contribution in [2.24, 2.45) is 0 Å². The fourth-order valence-corrected chi connectivity index (χ4v) is 2.55. The first-order valence-electron chi connectivity index (χ1n) is 7.56. The molecule has 4 nitrogen and oxygen atoms in total. The standard InChI is InChI=1S/C15H17F6N3O/c16-14(17,18)11-3-1-10(2-4-11)13(25)23-9-12(15(19,20)21)24-7-5-22-6-8-24/h1-4,12,22H,5-9H2,(H,23,25). The van der Waals surface area contributed by atoms with Gasteiger partial charge in [0.05, 0.1) is 5.56 Å². The highest BCUT2D eigenvalue weighted by Crippen LogP contribution is 2.29. The molecule has 1 unspecified atom stereocenters. The molecule has 1 heterocycles. The molecule has 1 amide bonds. The first-order valence-corrected chi connectivity index (χ1v) is 7.56. The molecule has 1 fully saturated rings. The van der Waals surface area contributed by atoms with Gasteiger partial charge in [-0.3, -0.25) is 9.69 Å². The number of rotatable bonds is 4. The molecule has 0 saturated carbocycles. The Morgan fingerprint density at radius 1 is 1.08 bits per heavy atom. The lowest BCUT2D eigenvalue weighted by Crippen LogP contribution is -2.57. The summed E-state index contributed by atoms with van der Waals surface area (Å²) in [7, 11) is 0. The van der Waals surface area contributed by atoms with E-state index in [0.29, 0.717) is 25.2 Å². The van der Waals surface area contributed by atoms with Crippen LogP contribution >= 0.6 is 0 Å². The van der Waals surface area contributed by atoms with Crippen LogP contribution in [0.4, 0.5) is 26.3 Å². The van der Waals surface area contributed by atoms with Crippen LogP contribution in [0.3, 0.4) is 0 Å². The van der Waals surface area contributed by atoms with Crippen LogP contribution in [0.5, 0.6) is 0 Å². The van der Waals surface area contributed by atoms with Crippen LogP contribution < -0.4 is 10.6 Å². The lowest BCUT2D eigenvalue weighted by molar-refractivity contribution is -0.183. The molecular formula is C15H17F6N3O. The van der Waals surface area contributed by atoms with Crippen LogP contribution in [0.15, 0.2) is 24.3 Å². The molecule has 0 aliphatic carbocycles. The number of carbonyl (C=O) groups is 1.